The number of nitrogens with one attached hydrogen (secondary N) is 1. The highest BCUT2D eigenvalue weighted by molar-refractivity contribution is 7.99. The van der Waals surface area contributed by atoms with Gasteiger partial charge >= 0.3 is 5.97 Å². The van der Waals surface area contributed by atoms with Crippen LogP contribution in [0.25, 0.3) is 10.9 Å². The molecule has 104 valence electrons. The van der Waals surface area contributed by atoms with Gasteiger partial charge in [-0.25, -0.2) is 4.79 Å². The van der Waals surface area contributed by atoms with Crippen molar-refractivity contribution in [3.05, 3.63) is 36.0 Å². The van der Waals surface area contributed by atoms with Crippen LogP contribution in [0.2, 0.25) is 0 Å². The van der Waals surface area contributed by atoms with Crippen LogP contribution in [0.1, 0.15) is 10.4 Å². The van der Waals surface area contributed by atoms with Crippen molar-refractivity contribution in [2.45, 2.75) is 6.04 Å². The van der Waals surface area contributed by atoms with E-state index in [0.717, 1.165) is 16.7 Å². The first-order chi connectivity index (χ1) is 9.66. The molecule has 1 fully saturated rings. The van der Waals surface area contributed by atoms with Gasteiger partial charge < -0.3 is 15.0 Å². The molecular weight excluding hydrogens is 276 g/mol. The Kier molecular flexibility index (Phi) is 3.40. The summed E-state index contributed by atoms with van der Waals surface area (Å²) < 4.78 is 0. The molecule has 3 rings (SSSR count). The number of rotatable bonds is 2. The summed E-state index contributed by atoms with van der Waals surface area (Å²) in [7, 11) is 0. The Morgan fingerprint density at radius 1 is 1.35 bits per heavy atom. The van der Waals surface area contributed by atoms with Crippen molar-refractivity contribution in [3.63, 3.8) is 0 Å². The average Bonchev–Trinajstić information content (AvgIpc) is 2.93. The summed E-state index contributed by atoms with van der Waals surface area (Å²) in [5, 5.41) is 10.3. The third-order valence-electron chi connectivity index (χ3n) is 3.48. The molecule has 1 aromatic heterocycles. The van der Waals surface area contributed by atoms with E-state index >= 15 is 0 Å². The summed E-state index contributed by atoms with van der Waals surface area (Å²) in [6.07, 6.45) is 1.82. The molecule has 2 aromatic rings. The van der Waals surface area contributed by atoms with Crippen LogP contribution in [0.4, 0.5) is 0 Å². The maximum absolute atomic E-state index is 12.5. The van der Waals surface area contributed by atoms with Crippen LogP contribution in [-0.4, -0.2) is 51.0 Å². The molecule has 1 atom stereocenters. The number of hydrogen-bond acceptors (Lipinski definition) is 3. The minimum absolute atomic E-state index is 0.214. The zero-order chi connectivity index (χ0) is 14.1. The first-order valence-electron chi connectivity index (χ1n) is 6.35. The van der Waals surface area contributed by atoms with Crippen LogP contribution in [0.15, 0.2) is 30.5 Å². The second-order valence-corrected chi connectivity index (χ2v) is 5.86. The van der Waals surface area contributed by atoms with E-state index in [9.17, 15) is 14.7 Å². The molecular formula is C14H14N2O3S. The zero-order valence-corrected chi connectivity index (χ0v) is 11.5. The van der Waals surface area contributed by atoms with Crippen LogP contribution < -0.4 is 0 Å². The number of fused-ring (bicyclic) bond motifs is 1. The Morgan fingerprint density at radius 2 is 2.20 bits per heavy atom. The number of benzene rings is 1. The molecule has 1 amide bonds. The maximum Gasteiger partial charge on any atom is 0.327 e. The SMILES string of the molecule is O=C(O)C1CSCCN1C(=O)c1ccc2cc[nH]c2c1. The summed E-state index contributed by atoms with van der Waals surface area (Å²) >= 11 is 1.57. The van der Waals surface area contributed by atoms with E-state index in [2.05, 4.69) is 4.98 Å². The average molecular weight is 290 g/mol. The monoisotopic (exact) mass is 290 g/mol. The van der Waals surface area contributed by atoms with Crippen LogP contribution >= 0.6 is 11.8 Å². The van der Waals surface area contributed by atoms with E-state index < -0.39 is 12.0 Å². The summed E-state index contributed by atoms with van der Waals surface area (Å²) in [6.45, 7) is 0.475. The number of carbonyl (C=O) groups is 2. The minimum atomic E-state index is -0.938. The largest absolute Gasteiger partial charge is 0.480 e. The molecule has 1 aromatic carbocycles. The number of thioether (sulfide) groups is 1. The molecule has 1 aliphatic rings. The third-order valence-corrected chi connectivity index (χ3v) is 4.50. The van der Waals surface area contributed by atoms with Crippen molar-refractivity contribution in [2.75, 3.05) is 18.1 Å². The van der Waals surface area contributed by atoms with E-state index in [-0.39, 0.29) is 5.91 Å². The van der Waals surface area contributed by atoms with Crippen molar-refractivity contribution in [1.82, 2.24) is 9.88 Å². The quantitative estimate of drug-likeness (QED) is 0.884. The molecule has 6 heteroatoms. The summed E-state index contributed by atoms with van der Waals surface area (Å²) in [6, 6.07) is 6.59. The van der Waals surface area contributed by atoms with E-state index in [0.29, 0.717) is 17.9 Å². The molecule has 0 radical (unpaired) electrons. The Balaban J connectivity index is 1.91. The third kappa shape index (κ3) is 2.27. The van der Waals surface area contributed by atoms with Gasteiger partial charge in [0.2, 0.25) is 0 Å². The smallest absolute Gasteiger partial charge is 0.327 e. The number of carboxylic acid groups (broad SMARTS) is 1. The standard InChI is InChI=1S/C14H14N2O3S/c17-13(16-5-6-20-8-12(16)14(18)19)10-2-1-9-3-4-15-11(9)7-10/h1-4,7,12,15H,5-6,8H2,(H,18,19). The molecule has 1 aliphatic heterocycles. The summed E-state index contributed by atoms with van der Waals surface area (Å²) in [5.41, 5.74) is 1.41. The number of nitrogens with zero attached hydrogens (tertiary/aromatic N) is 1. The van der Waals surface area contributed by atoms with E-state index in [4.69, 9.17) is 0 Å². The number of hydrogen-bond donors (Lipinski definition) is 2. The highest BCUT2D eigenvalue weighted by Gasteiger charge is 2.32. The fourth-order valence-electron chi connectivity index (χ4n) is 2.40. The lowest BCUT2D eigenvalue weighted by molar-refractivity contribution is -0.141. The number of aliphatic carboxylic acids is 1. The highest BCUT2D eigenvalue weighted by Crippen LogP contribution is 2.21. The van der Waals surface area contributed by atoms with E-state index in [1.165, 1.54) is 4.90 Å². The van der Waals surface area contributed by atoms with Crippen LogP contribution in [0.3, 0.4) is 0 Å². The number of carbonyl (C=O) groups excluding carboxylic acids is 1. The number of aromatic nitrogens is 1. The van der Waals surface area contributed by atoms with Crippen LogP contribution in [0.5, 0.6) is 0 Å². The van der Waals surface area contributed by atoms with Crippen molar-refractivity contribution in [3.8, 4) is 0 Å². The molecule has 20 heavy (non-hydrogen) atoms. The van der Waals surface area contributed by atoms with Crippen molar-refractivity contribution in [1.29, 1.82) is 0 Å². The Morgan fingerprint density at radius 3 is 3.00 bits per heavy atom. The molecule has 0 aliphatic carbocycles. The van der Waals surface area contributed by atoms with Crippen molar-refractivity contribution in [2.24, 2.45) is 0 Å². The zero-order valence-electron chi connectivity index (χ0n) is 10.7. The molecule has 0 spiro atoms. The van der Waals surface area contributed by atoms with Gasteiger partial charge in [0.05, 0.1) is 0 Å². The lowest BCUT2D eigenvalue weighted by Crippen LogP contribution is -2.50. The topological polar surface area (TPSA) is 73.4 Å². The minimum Gasteiger partial charge on any atom is -0.480 e. The molecule has 2 heterocycles. The Bertz CT molecular complexity index is 667. The second kappa shape index (κ2) is 5.20. The molecule has 2 N–H and O–H groups in total. The van der Waals surface area contributed by atoms with E-state index in [1.54, 1.807) is 23.9 Å². The second-order valence-electron chi connectivity index (χ2n) is 4.71. The summed E-state index contributed by atoms with van der Waals surface area (Å²) in [4.78, 5) is 28.3. The Hall–Kier alpha value is -1.95. The van der Waals surface area contributed by atoms with E-state index in [1.807, 2.05) is 18.3 Å². The molecule has 1 saturated heterocycles. The van der Waals surface area contributed by atoms with Gasteiger partial charge in [0.15, 0.2) is 0 Å². The molecule has 1 unspecified atom stereocenters. The first kappa shape index (κ1) is 13.1. The fourth-order valence-corrected chi connectivity index (χ4v) is 3.44. The first-order valence-corrected chi connectivity index (χ1v) is 7.51. The van der Waals surface area contributed by atoms with Crippen LogP contribution in [0, 0.1) is 0 Å². The normalized spacial score (nSPS) is 19.2. The van der Waals surface area contributed by atoms with Gasteiger partial charge in [0.1, 0.15) is 6.04 Å². The van der Waals surface area contributed by atoms with Gasteiger partial charge in [-0.1, -0.05) is 6.07 Å². The number of amides is 1. The lowest BCUT2D eigenvalue weighted by Gasteiger charge is -2.32. The molecule has 0 bridgehead atoms. The van der Waals surface area contributed by atoms with Crippen molar-refractivity contribution < 1.29 is 14.7 Å². The van der Waals surface area contributed by atoms with Gasteiger partial charge in [-0.3, -0.25) is 4.79 Å². The number of aromatic amines is 1. The molecule has 0 saturated carbocycles. The number of carboxylic acids is 1. The van der Waals surface area contributed by atoms with Gasteiger partial charge in [-0.2, -0.15) is 11.8 Å². The predicted molar refractivity (Wildman–Crippen MR) is 78.1 cm³/mol. The fraction of sp³-hybridized carbons (Fsp3) is 0.286. The maximum atomic E-state index is 12.5. The predicted octanol–water partition coefficient (Wildman–Crippen LogP) is 1.81. The lowest BCUT2D eigenvalue weighted by atomic mass is 10.1. The van der Waals surface area contributed by atoms with Gasteiger partial charge in [0.25, 0.3) is 5.91 Å². The van der Waals surface area contributed by atoms with Gasteiger partial charge in [-0.15, -0.1) is 0 Å². The Labute approximate surface area is 120 Å². The summed E-state index contributed by atoms with van der Waals surface area (Å²) in [5.74, 6) is 0.0761. The number of H-pyrrole nitrogens is 1. The highest BCUT2D eigenvalue weighted by atomic mass is 32.2. The van der Waals surface area contributed by atoms with Gasteiger partial charge in [0, 0.05) is 35.3 Å². The van der Waals surface area contributed by atoms with Crippen molar-refractivity contribution >= 4 is 34.5 Å². The molecule has 5 nitrogen and oxygen atoms in total. The van der Waals surface area contributed by atoms with Gasteiger partial charge in [-0.05, 0) is 23.6 Å². The van der Waals surface area contributed by atoms with Crippen LogP contribution in [-0.2, 0) is 4.79 Å².